The molecule has 0 atom stereocenters. The van der Waals surface area contributed by atoms with Crippen molar-refractivity contribution in [2.75, 3.05) is 18.5 Å². The molecule has 0 heterocycles. The van der Waals surface area contributed by atoms with Gasteiger partial charge >= 0.3 is 0 Å². The van der Waals surface area contributed by atoms with E-state index in [2.05, 4.69) is 34.5 Å². The van der Waals surface area contributed by atoms with Gasteiger partial charge in [0.1, 0.15) is 18.2 Å². The van der Waals surface area contributed by atoms with Crippen LogP contribution in [0.15, 0.2) is 48.6 Å². The molecule has 0 spiro atoms. The van der Waals surface area contributed by atoms with Crippen LogP contribution in [0.5, 0.6) is 11.5 Å². The molecule has 0 aliphatic carbocycles. The second-order valence-electron chi connectivity index (χ2n) is 5.90. The van der Waals surface area contributed by atoms with Crippen molar-refractivity contribution in [1.82, 2.24) is 0 Å². The molecule has 0 saturated carbocycles. The molecule has 7 heteroatoms. The minimum absolute atomic E-state index is 0.0395. The highest BCUT2D eigenvalue weighted by Gasteiger charge is 2.15. The lowest BCUT2D eigenvalue weighted by Crippen LogP contribution is -2.14. The van der Waals surface area contributed by atoms with E-state index < -0.39 is 5.91 Å². The fourth-order valence-electron chi connectivity index (χ4n) is 2.46. The van der Waals surface area contributed by atoms with Gasteiger partial charge in [0, 0.05) is 10.7 Å². The van der Waals surface area contributed by atoms with E-state index in [1.807, 2.05) is 19.1 Å². The van der Waals surface area contributed by atoms with Crippen LogP contribution >= 0.6 is 34.2 Å². The van der Waals surface area contributed by atoms with E-state index in [-0.39, 0.29) is 5.57 Å². The van der Waals surface area contributed by atoms with Crippen LogP contribution in [0.2, 0.25) is 5.02 Å². The highest BCUT2D eigenvalue weighted by atomic mass is 127. The number of halogens is 2. The van der Waals surface area contributed by atoms with E-state index >= 15 is 0 Å². The summed E-state index contributed by atoms with van der Waals surface area (Å²) in [5.41, 5.74) is 1.90. The predicted octanol–water partition coefficient (Wildman–Crippen LogP) is 5.76. The Balaban J connectivity index is 2.36. The maximum Gasteiger partial charge on any atom is 0.266 e. The number of nitriles is 1. The van der Waals surface area contributed by atoms with Gasteiger partial charge in [0.05, 0.1) is 10.2 Å². The van der Waals surface area contributed by atoms with Gasteiger partial charge in [0.25, 0.3) is 5.91 Å². The lowest BCUT2D eigenvalue weighted by atomic mass is 10.1. The lowest BCUT2D eigenvalue weighted by Gasteiger charge is -2.14. The molecule has 0 aliphatic rings. The lowest BCUT2D eigenvalue weighted by molar-refractivity contribution is -0.112. The van der Waals surface area contributed by atoms with Crippen LogP contribution in [-0.4, -0.2) is 19.1 Å². The van der Waals surface area contributed by atoms with Gasteiger partial charge in [0.2, 0.25) is 0 Å². The Morgan fingerprint density at radius 3 is 2.79 bits per heavy atom. The monoisotopic (exact) mass is 522 g/mol. The summed E-state index contributed by atoms with van der Waals surface area (Å²) < 4.78 is 12.1. The number of amides is 1. The Bertz CT molecular complexity index is 996. The molecule has 1 N–H and O–H groups in total. The summed E-state index contributed by atoms with van der Waals surface area (Å²) in [6, 6.07) is 10.7. The molecule has 150 valence electrons. The minimum Gasteiger partial charge on any atom is -0.490 e. The highest BCUT2D eigenvalue weighted by molar-refractivity contribution is 14.1. The van der Waals surface area contributed by atoms with Gasteiger partial charge in [-0.05, 0) is 77.9 Å². The summed E-state index contributed by atoms with van der Waals surface area (Å²) >= 11 is 8.22. The molecule has 0 aromatic heterocycles. The number of hydrogen-bond acceptors (Lipinski definition) is 4. The van der Waals surface area contributed by atoms with Gasteiger partial charge in [-0.3, -0.25) is 4.79 Å². The molecule has 2 aromatic rings. The van der Waals surface area contributed by atoms with Crippen LogP contribution in [0, 0.1) is 21.8 Å². The molecule has 0 radical (unpaired) electrons. The van der Waals surface area contributed by atoms with Gasteiger partial charge in [-0.15, -0.1) is 0 Å². The first-order valence-corrected chi connectivity index (χ1v) is 10.2. The molecule has 0 saturated heterocycles. The Kier molecular flexibility index (Phi) is 8.55. The Hall–Kier alpha value is -2.50. The van der Waals surface area contributed by atoms with Crippen LogP contribution in [0.3, 0.4) is 0 Å². The quantitative estimate of drug-likeness (QED) is 0.207. The van der Waals surface area contributed by atoms with Crippen molar-refractivity contribution in [3.63, 3.8) is 0 Å². The molecule has 29 heavy (non-hydrogen) atoms. The van der Waals surface area contributed by atoms with Crippen LogP contribution in [0.25, 0.3) is 6.08 Å². The zero-order valence-electron chi connectivity index (χ0n) is 16.1. The molecule has 5 nitrogen and oxygen atoms in total. The molecule has 0 bridgehead atoms. The molecule has 2 rings (SSSR count). The van der Waals surface area contributed by atoms with Crippen molar-refractivity contribution in [1.29, 1.82) is 5.26 Å². The number of rotatable bonds is 8. The third-order valence-electron chi connectivity index (χ3n) is 3.87. The first-order chi connectivity index (χ1) is 13.9. The first kappa shape index (κ1) is 22.8. The van der Waals surface area contributed by atoms with Crippen LogP contribution < -0.4 is 14.8 Å². The van der Waals surface area contributed by atoms with Gasteiger partial charge in [0.15, 0.2) is 11.5 Å². The van der Waals surface area contributed by atoms with Crippen LogP contribution in [0.4, 0.5) is 5.69 Å². The zero-order chi connectivity index (χ0) is 21.4. The highest BCUT2D eigenvalue weighted by Crippen LogP contribution is 2.35. The van der Waals surface area contributed by atoms with Crippen molar-refractivity contribution in [2.45, 2.75) is 13.8 Å². The number of nitrogens with zero attached hydrogens (tertiary/aromatic N) is 1. The molecular weight excluding hydrogens is 503 g/mol. The topological polar surface area (TPSA) is 71.3 Å². The Morgan fingerprint density at radius 1 is 1.38 bits per heavy atom. The molecular formula is C22H20ClIN2O3. The molecule has 2 aromatic carbocycles. The zero-order valence-corrected chi connectivity index (χ0v) is 19.0. The van der Waals surface area contributed by atoms with Gasteiger partial charge < -0.3 is 14.8 Å². The fraction of sp³-hybridized carbons (Fsp3) is 0.182. The summed E-state index contributed by atoms with van der Waals surface area (Å²) in [4.78, 5) is 12.6. The molecule has 0 unspecified atom stereocenters. The maximum atomic E-state index is 12.6. The number of nitrogens with one attached hydrogen (secondary N) is 1. The van der Waals surface area contributed by atoms with E-state index in [1.54, 1.807) is 37.3 Å². The normalized spacial score (nSPS) is 10.8. The van der Waals surface area contributed by atoms with Crippen molar-refractivity contribution in [3.8, 4) is 17.6 Å². The number of carbonyl (C=O) groups is 1. The average Bonchev–Trinajstić information content (AvgIpc) is 2.69. The number of ether oxygens (including phenoxy) is 2. The molecule has 0 fully saturated rings. The molecule has 0 aliphatic heterocycles. The van der Waals surface area contributed by atoms with E-state index in [1.165, 1.54) is 6.08 Å². The van der Waals surface area contributed by atoms with Gasteiger partial charge in [-0.25, -0.2) is 0 Å². The standard InChI is InChI=1S/C22H20ClIN2O3/c1-4-9-29-21-18(24)11-15(12-20(21)28-5-2)10-16(13-25)22(27)26-19-8-6-7-17(23)14(19)3/h4,6-8,10-12H,1,5,9H2,2-3H3,(H,26,27)/b16-10+. The predicted molar refractivity (Wildman–Crippen MR) is 124 cm³/mol. The van der Waals surface area contributed by atoms with Crippen LogP contribution in [-0.2, 0) is 4.79 Å². The Morgan fingerprint density at radius 2 is 2.14 bits per heavy atom. The third kappa shape index (κ3) is 5.99. The largest absolute Gasteiger partial charge is 0.490 e. The van der Waals surface area contributed by atoms with E-state index in [0.717, 1.165) is 9.13 Å². The number of carbonyl (C=O) groups excluding carboxylic acids is 1. The summed E-state index contributed by atoms with van der Waals surface area (Å²) in [6.07, 6.45) is 3.16. The van der Waals surface area contributed by atoms with Crippen LogP contribution in [0.1, 0.15) is 18.1 Å². The minimum atomic E-state index is -0.516. The maximum absolute atomic E-state index is 12.6. The van der Waals surface area contributed by atoms with E-state index in [4.69, 9.17) is 21.1 Å². The molecule has 1 amide bonds. The SMILES string of the molecule is C=CCOc1c(I)cc(/C=C(\C#N)C(=O)Nc2cccc(Cl)c2C)cc1OCC. The second-order valence-corrected chi connectivity index (χ2v) is 7.47. The van der Waals surface area contributed by atoms with Crippen molar-refractivity contribution >= 4 is 51.9 Å². The van der Waals surface area contributed by atoms with Gasteiger partial charge in [-0.2, -0.15) is 5.26 Å². The smallest absolute Gasteiger partial charge is 0.266 e. The fourth-order valence-corrected chi connectivity index (χ4v) is 3.42. The summed E-state index contributed by atoms with van der Waals surface area (Å²) in [7, 11) is 0. The summed E-state index contributed by atoms with van der Waals surface area (Å²) in [5, 5.41) is 12.8. The Labute approximate surface area is 189 Å². The number of benzene rings is 2. The van der Waals surface area contributed by atoms with Crippen molar-refractivity contribution in [2.24, 2.45) is 0 Å². The van der Waals surface area contributed by atoms with E-state index in [0.29, 0.717) is 41.0 Å². The van der Waals surface area contributed by atoms with Gasteiger partial charge in [-0.1, -0.05) is 30.3 Å². The van der Waals surface area contributed by atoms with E-state index in [9.17, 15) is 10.1 Å². The first-order valence-electron chi connectivity index (χ1n) is 8.79. The third-order valence-corrected chi connectivity index (χ3v) is 5.08. The number of hydrogen-bond donors (Lipinski definition) is 1. The summed E-state index contributed by atoms with van der Waals surface area (Å²) in [5.74, 6) is 0.621. The second kappa shape index (κ2) is 10.9. The average molecular weight is 523 g/mol. The van der Waals surface area contributed by atoms with Crippen molar-refractivity contribution < 1.29 is 14.3 Å². The summed E-state index contributed by atoms with van der Waals surface area (Å²) in [6.45, 7) is 8.11. The number of anilines is 1. The van der Waals surface area contributed by atoms with Crippen molar-refractivity contribution in [3.05, 3.63) is 68.3 Å².